The number of benzene rings is 1. The predicted molar refractivity (Wildman–Crippen MR) is 116 cm³/mol. The fraction of sp³-hybridized carbons (Fsp3) is 0.652. The lowest BCUT2D eigenvalue weighted by molar-refractivity contribution is -0.138. The van der Waals surface area contributed by atoms with Gasteiger partial charge in [0, 0.05) is 23.9 Å². The molecule has 0 saturated heterocycles. The molecule has 2 saturated carbocycles. The second kappa shape index (κ2) is 12.3. The van der Waals surface area contributed by atoms with Crippen LogP contribution in [0, 0.1) is 0 Å². The normalized spacial score (nSPS) is 19.4. The fourth-order valence-electron chi connectivity index (χ4n) is 4.09. The van der Waals surface area contributed by atoms with Crippen molar-refractivity contribution in [3.63, 3.8) is 0 Å². The van der Waals surface area contributed by atoms with E-state index in [4.69, 9.17) is 5.11 Å². The van der Waals surface area contributed by atoms with Gasteiger partial charge in [-0.3, -0.25) is 9.59 Å². The van der Waals surface area contributed by atoms with Gasteiger partial charge >= 0.3 is 5.97 Å². The molecular weight excluding hydrogens is 370 g/mol. The van der Waals surface area contributed by atoms with Crippen molar-refractivity contribution in [2.24, 2.45) is 0 Å². The van der Waals surface area contributed by atoms with Crippen LogP contribution in [0.4, 0.5) is 0 Å². The first kappa shape index (κ1) is 23.0. The molecule has 2 fully saturated rings. The minimum absolute atomic E-state index is 0.0416. The standard InChI is InChI=1S/C12H23N.C11H12O3S/c1-3-7-11(8-4-1)13-12-9-5-2-6-10-12;1-7(11(13)14)9-5-3-4-6-10(9)15-8(2)12/h11-13H,1-10H2;3-7H,1-2H3,(H,13,14)/t;7-/m.1/s1. The molecule has 156 valence electrons. The molecule has 1 aromatic rings. The summed E-state index contributed by atoms with van der Waals surface area (Å²) < 4.78 is 0. The minimum atomic E-state index is -0.883. The average molecular weight is 406 g/mol. The number of aliphatic carboxylic acids is 1. The molecule has 0 radical (unpaired) electrons. The summed E-state index contributed by atoms with van der Waals surface area (Å²) in [5.41, 5.74) is 0.685. The molecule has 2 aliphatic carbocycles. The van der Waals surface area contributed by atoms with Crippen molar-refractivity contribution in [3.8, 4) is 0 Å². The second-order valence-electron chi connectivity index (χ2n) is 8.03. The Morgan fingerprint density at radius 2 is 1.46 bits per heavy atom. The van der Waals surface area contributed by atoms with Crippen LogP contribution in [0.25, 0.3) is 0 Å². The summed E-state index contributed by atoms with van der Waals surface area (Å²) in [7, 11) is 0. The zero-order chi connectivity index (χ0) is 20.4. The van der Waals surface area contributed by atoms with Gasteiger partial charge in [0.25, 0.3) is 0 Å². The third kappa shape index (κ3) is 7.96. The molecule has 28 heavy (non-hydrogen) atoms. The van der Waals surface area contributed by atoms with Gasteiger partial charge in [-0.05, 0) is 44.2 Å². The van der Waals surface area contributed by atoms with Crippen LogP contribution >= 0.6 is 11.8 Å². The summed E-state index contributed by atoms with van der Waals surface area (Å²) >= 11 is 1.07. The van der Waals surface area contributed by atoms with E-state index in [0.717, 1.165) is 28.7 Å². The fourth-order valence-corrected chi connectivity index (χ4v) is 4.91. The lowest BCUT2D eigenvalue weighted by atomic mass is 9.91. The molecule has 1 aromatic carbocycles. The van der Waals surface area contributed by atoms with Gasteiger partial charge in [0.1, 0.15) is 0 Å². The van der Waals surface area contributed by atoms with Gasteiger partial charge in [0.15, 0.2) is 5.12 Å². The van der Waals surface area contributed by atoms with Crippen LogP contribution in [0.15, 0.2) is 29.2 Å². The molecule has 4 nitrogen and oxygen atoms in total. The highest BCUT2D eigenvalue weighted by molar-refractivity contribution is 8.13. The zero-order valence-electron chi connectivity index (χ0n) is 17.3. The molecule has 0 unspecified atom stereocenters. The number of carboxylic acid groups (broad SMARTS) is 1. The summed E-state index contributed by atoms with van der Waals surface area (Å²) in [5.74, 6) is -1.47. The van der Waals surface area contributed by atoms with Gasteiger partial charge in [0.05, 0.1) is 5.92 Å². The number of thioether (sulfide) groups is 1. The lowest BCUT2D eigenvalue weighted by Crippen LogP contribution is -2.40. The number of hydrogen-bond acceptors (Lipinski definition) is 4. The Kier molecular flexibility index (Phi) is 10.1. The first-order valence-electron chi connectivity index (χ1n) is 10.7. The maximum Gasteiger partial charge on any atom is 0.310 e. The topological polar surface area (TPSA) is 66.4 Å². The van der Waals surface area contributed by atoms with Crippen LogP contribution in [0.2, 0.25) is 0 Å². The second-order valence-corrected chi connectivity index (χ2v) is 9.25. The van der Waals surface area contributed by atoms with E-state index in [1.54, 1.807) is 31.2 Å². The third-order valence-electron chi connectivity index (χ3n) is 5.69. The molecular formula is C23H35NO3S. The smallest absolute Gasteiger partial charge is 0.310 e. The highest BCUT2D eigenvalue weighted by Crippen LogP contribution is 2.29. The molecule has 1 atom stereocenters. The number of rotatable bonds is 5. The summed E-state index contributed by atoms with van der Waals surface area (Å²) in [6.45, 7) is 3.08. The molecule has 0 heterocycles. The van der Waals surface area contributed by atoms with E-state index in [-0.39, 0.29) is 5.12 Å². The predicted octanol–water partition coefficient (Wildman–Crippen LogP) is 5.75. The van der Waals surface area contributed by atoms with Crippen molar-refractivity contribution in [2.75, 3.05) is 0 Å². The maximum atomic E-state index is 11.0. The molecule has 3 rings (SSSR count). The molecule has 2 N–H and O–H groups in total. The number of nitrogens with one attached hydrogen (secondary N) is 1. The number of carbonyl (C=O) groups is 2. The highest BCUT2D eigenvalue weighted by atomic mass is 32.2. The van der Waals surface area contributed by atoms with Gasteiger partial charge in [-0.15, -0.1) is 0 Å². The van der Waals surface area contributed by atoms with Crippen LogP contribution in [0.3, 0.4) is 0 Å². The highest BCUT2D eigenvalue weighted by Gasteiger charge is 2.19. The summed E-state index contributed by atoms with van der Waals surface area (Å²) in [6, 6.07) is 8.82. The lowest BCUT2D eigenvalue weighted by Gasteiger charge is -2.30. The van der Waals surface area contributed by atoms with Gasteiger partial charge < -0.3 is 10.4 Å². The first-order chi connectivity index (χ1) is 13.5. The third-order valence-corrected chi connectivity index (χ3v) is 6.57. The Morgan fingerprint density at radius 1 is 0.964 bits per heavy atom. The van der Waals surface area contributed by atoms with E-state index in [1.165, 1.54) is 71.1 Å². The van der Waals surface area contributed by atoms with E-state index in [2.05, 4.69) is 5.32 Å². The summed E-state index contributed by atoms with van der Waals surface area (Å²) in [6.07, 6.45) is 14.6. The van der Waals surface area contributed by atoms with Crippen molar-refractivity contribution in [3.05, 3.63) is 29.8 Å². The van der Waals surface area contributed by atoms with Crippen LogP contribution in [0.1, 0.15) is 89.5 Å². The molecule has 5 heteroatoms. The van der Waals surface area contributed by atoms with E-state index >= 15 is 0 Å². The monoisotopic (exact) mass is 405 g/mol. The van der Waals surface area contributed by atoms with Crippen LogP contribution in [-0.2, 0) is 9.59 Å². The summed E-state index contributed by atoms with van der Waals surface area (Å²) in [5, 5.41) is 12.7. The Morgan fingerprint density at radius 3 is 1.93 bits per heavy atom. The van der Waals surface area contributed by atoms with Crippen molar-refractivity contribution in [1.82, 2.24) is 5.32 Å². The van der Waals surface area contributed by atoms with Crippen molar-refractivity contribution >= 4 is 22.8 Å². The van der Waals surface area contributed by atoms with E-state index in [1.807, 2.05) is 0 Å². The average Bonchev–Trinajstić information content (AvgIpc) is 2.69. The van der Waals surface area contributed by atoms with Gasteiger partial charge in [-0.2, -0.15) is 0 Å². The van der Waals surface area contributed by atoms with Crippen LogP contribution < -0.4 is 5.32 Å². The van der Waals surface area contributed by atoms with E-state index in [0.29, 0.717) is 5.56 Å². The molecule has 0 aliphatic heterocycles. The Bertz CT molecular complexity index is 606. The maximum absolute atomic E-state index is 11.0. The molecule has 0 spiro atoms. The summed E-state index contributed by atoms with van der Waals surface area (Å²) in [4.78, 5) is 22.5. The molecule has 0 bridgehead atoms. The van der Waals surface area contributed by atoms with Gasteiger partial charge in [-0.1, -0.05) is 68.5 Å². The van der Waals surface area contributed by atoms with Crippen molar-refractivity contribution in [2.45, 2.75) is 101 Å². The first-order valence-corrected chi connectivity index (χ1v) is 11.5. The van der Waals surface area contributed by atoms with Crippen molar-refractivity contribution < 1.29 is 14.7 Å². The Hall–Kier alpha value is -1.33. The zero-order valence-corrected chi connectivity index (χ0v) is 18.1. The molecule has 2 aliphatic rings. The van der Waals surface area contributed by atoms with E-state index < -0.39 is 11.9 Å². The van der Waals surface area contributed by atoms with Crippen LogP contribution in [-0.4, -0.2) is 28.3 Å². The largest absolute Gasteiger partial charge is 0.481 e. The van der Waals surface area contributed by atoms with Crippen LogP contribution in [0.5, 0.6) is 0 Å². The Labute approximate surface area is 173 Å². The number of carbonyl (C=O) groups excluding carboxylic acids is 1. The van der Waals surface area contributed by atoms with Gasteiger partial charge in [0.2, 0.25) is 0 Å². The minimum Gasteiger partial charge on any atom is -0.481 e. The quantitative estimate of drug-likeness (QED) is 0.610. The molecule has 0 aromatic heterocycles. The number of hydrogen-bond donors (Lipinski definition) is 2. The Balaban J connectivity index is 0.000000202. The molecule has 0 amide bonds. The SMILES string of the molecule is C1CCC(NC2CCCCC2)CC1.CC(=O)Sc1ccccc1[C@@H](C)C(=O)O. The van der Waals surface area contributed by atoms with Crippen molar-refractivity contribution in [1.29, 1.82) is 0 Å². The number of carboxylic acids is 1. The van der Waals surface area contributed by atoms with Gasteiger partial charge in [-0.25, -0.2) is 0 Å². The van der Waals surface area contributed by atoms with E-state index in [9.17, 15) is 9.59 Å².